The van der Waals surface area contributed by atoms with E-state index in [-0.39, 0.29) is 23.8 Å². The molecular formula is C14H20BrNO4S. The Hall–Kier alpha value is -0.920. The van der Waals surface area contributed by atoms with E-state index in [4.69, 9.17) is 5.11 Å². The summed E-state index contributed by atoms with van der Waals surface area (Å²) in [7, 11) is -3.61. The number of benzene rings is 1. The first-order chi connectivity index (χ1) is 9.70. The van der Waals surface area contributed by atoms with Crippen molar-refractivity contribution in [2.75, 3.05) is 6.54 Å². The smallest absolute Gasteiger partial charge is 0.303 e. The second-order valence-electron chi connectivity index (χ2n) is 5.40. The zero-order valence-electron chi connectivity index (χ0n) is 12.0. The third kappa shape index (κ3) is 6.58. The minimum Gasteiger partial charge on any atom is -0.481 e. The van der Waals surface area contributed by atoms with Crippen molar-refractivity contribution < 1.29 is 18.3 Å². The molecule has 5 nitrogen and oxygen atoms in total. The van der Waals surface area contributed by atoms with Crippen LogP contribution in [0.3, 0.4) is 0 Å². The number of carboxylic acids is 1. The van der Waals surface area contributed by atoms with E-state index >= 15 is 0 Å². The summed E-state index contributed by atoms with van der Waals surface area (Å²) < 4.78 is 27.6. The molecule has 1 aromatic rings. The molecule has 0 amide bonds. The summed E-state index contributed by atoms with van der Waals surface area (Å²) in [5.74, 6) is -0.817. The largest absolute Gasteiger partial charge is 0.481 e. The van der Waals surface area contributed by atoms with Crippen molar-refractivity contribution in [2.24, 2.45) is 11.8 Å². The average Bonchev–Trinajstić information content (AvgIpc) is 2.35. The van der Waals surface area contributed by atoms with Crippen LogP contribution in [0.5, 0.6) is 0 Å². The third-order valence-electron chi connectivity index (χ3n) is 2.95. The van der Waals surface area contributed by atoms with Gasteiger partial charge in [-0.2, -0.15) is 0 Å². The molecule has 1 rings (SSSR count). The van der Waals surface area contributed by atoms with Gasteiger partial charge in [0.2, 0.25) is 10.0 Å². The molecule has 21 heavy (non-hydrogen) atoms. The molecule has 1 aromatic carbocycles. The first-order valence-electron chi connectivity index (χ1n) is 6.67. The molecule has 0 aliphatic rings. The van der Waals surface area contributed by atoms with E-state index in [1.165, 1.54) is 12.1 Å². The molecule has 0 heterocycles. The van der Waals surface area contributed by atoms with Crippen molar-refractivity contribution >= 4 is 31.9 Å². The number of carbonyl (C=O) groups is 1. The van der Waals surface area contributed by atoms with Gasteiger partial charge in [0.1, 0.15) is 0 Å². The highest BCUT2D eigenvalue weighted by Crippen LogP contribution is 2.17. The van der Waals surface area contributed by atoms with Crippen LogP contribution >= 0.6 is 15.9 Å². The number of aliphatic carboxylic acids is 1. The zero-order chi connectivity index (χ0) is 16.0. The second-order valence-corrected chi connectivity index (χ2v) is 8.08. The lowest BCUT2D eigenvalue weighted by Gasteiger charge is -2.17. The van der Waals surface area contributed by atoms with E-state index in [1.807, 2.05) is 13.8 Å². The van der Waals surface area contributed by atoms with Gasteiger partial charge in [-0.1, -0.05) is 29.8 Å². The number of sulfonamides is 1. The van der Waals surface area contributed by atoms with Crippen molar-refractivity contribution in [3.63, 3.8) is 0 Å². The summed E-state index contributed by atoms with van der Waals surface area (Å²) in [5.41, 5.74) is 0. The minimum atomic E-state index is -3.61. The monoisotopic (exact) mass is 377 g/mol. The van der Waals surface area contributed by atoms with Crippen LogP contribution in [0.15, 0.2) is 33.6 Å². The molecule has 118 valence electrons. The van der Waals surface area contributed by atoms with Crippen LogP contribution < -0.4 is 4.72 Å². The normalized spacial score (nSPS) is 13.3. The van der Waals surface area contributed by atoms with Crippen LogP contribution in [0.2, 0.25) is 0 Å². The summed E-state index contributed by atoms with van der Waals surface area (Å²) >= 11 is 3.25. The molecule has 0 aliphatic carbocycles. The highest BCUT2D eigenvalue weighted by molar-refractivity contribution is 9.10. The quantitative estimate of drug-likeness (QED) is 0.729. The van der Waals surface area contributed by atoms with E-state index in [1.54, 1.807) is 12.1 Å². The van der Waals surface area contributed by atoms with Gasteiger partial charge >= 0.3 is 5.97 Å². The van der Waals surface area contributed by atoms with Crippen LogP contribution in [0.25, 0.3) is 0 Å². The first-order valence-corrected chi connectivity index (χ1v) is 8.95. The predicted octanol–water partition coefficient (Wildman–Crippen LogP) is 2.86. The van der Waals surface area contributed by atoms with Crippen LogP contribution in [-0.4, -0.2) is 26.0 Å². The molecule has 0 spiro atoms. The molecule has 0 unspecified atom stereocenters. The van der Waals surface area contributed by atoms with E-state index in [0.717, 1.165) is 4.47 Å². The van der Waals surface area contributed by atoms with E-state index in [2.05, 4.69) is 20.7 Å². The molecule has 0 radical (unpaired) electrons. The fourth-order valence-electron chi connectivity index (χ4n) is 2.08. The number of rotatable bonds is 8. The highest BCUT2D eigenvalue weighted by Gasteiger charge is 2.19. The molecule has 2 N–H and O–H groups in total. The Morgan fingerprint density at radius 1 is 1.29 bits per heavy atom. The fraction of sp³-hybridized carbons (Fsp3) is 0.500. The lowest BCUT2D eigenvalue weighted by molar-refractivity contribution is -0.138. The molecule has 0 fully saturated rings. The number of nitrogens with one attached hydrogen (secondary N) is 1. The van der Waals surface area contributed by atoms with Crippen molar-refractivity contribution in [1.82, 2.24) is 4.72 Å². The van der Waals surface area contributed by atoms with Gasteiger partial charge in [-0.15, -0.1) is 0 Å². The minimum absolute atomic E-state index is 0.0406. The molecule has 0 bridgehead atoms. The number of hydrogen-bond donors (Lipinski definition) is 2. The van der Waals surface area contributed by atoms with E-state index in [9.17, 15) is 13.2 Å². The highest BCUT2D eigenvalue weighted by atomic mass is 79.9. The summed E-state index contributed by atoms with van der Waals surface area (Å²) in [5, 5.41) is 8.89. The van der Waals surface area contributed by atoms with Crippen LogP contribution in [0.4, 0.5) is 0 Å². The summed E-state index contributed by atoms with van der Waals surface area (Å²) in [6, 6.07) is 6.30. The average molecular weight is 378 g/mol. The van der Waals surface area contributed by atoms with Crippen molar-refractivity contribution in [3.8, 4) is 0 Å². The molecule has 0 aromatic heterocycles. The van der Waals surface area contributed by atoms with Crippen LogP contribution in [-0.2, 0) is 14.8 Å². The number of carboxylic acid groups (broad SMARTS) is 1. The standard InChI is InChI=1S/C14H20BrNO4S/c1-10(2)7-11(8-14(17)18)9-16-21(19,20)13-5-3-12(15)4-6-13/h3-6,10-11,16H,7-9H2,1-2H3,(H,17,18)/t11-/m0/s1. The molecular weight excluding hydrogens is 358 g/mol. The Morgan fingerprint density at radius 2 is 1.86 bits per heavy atom. The van der Waals surface area contributed by atoms with Gasteiger partial charge in [-0.25, -0.2) is 13.1 Å². The molecule has 0 saturated heterocycles. The zero-order valence-corrected chi connectivity index (χ0v) is 14.4. The summed E-state index contributed by atoms with van der Waals surface area (Å²) in [6.07, 6.45) is 0.621. The first kappa shape index (κ1) is 18.1. The maximum absolute atomic E-state index is 12.1. The SMILES string of the molecule is CC(C)C[C@H](CNS(=O)(=O)c1ccc(Br)cc1)CC(=O)O. The maximum Gasteiger partial charge on any atom is 0.303 e. The molecule has 7 heteroatoms. The lowest BCUT2D eigenvalue weighted by atomic mass is 9.94. The fourth-order valence-corrected chi connectivity index (χ4v) is 3.46. The molecule has 0 saturated carbocycles. The third-order valence-corrected chi connectivity index (χ3v) is 4.92. The van der Waals surface area contributed by atoms with E-state index in [0.29, 0.717) is 12.3 Å². The van der Waals surface area contributed by atoms with Crippen LogP contribution in [0.1, 0.15) is 26.7 Å². The Bertz CT molecular complexity index is 569. The lowest BCUT2D eigenvalue weighted by Crippen LogP contribution is -2.31. The van der Waals surface area contributed by atoms with E-state index < -0.39 is 16.0 Å². The molecule has 1 atom stereocenters. The summed E-state index contributed by atoms with van der Waals surface area (Å²) in [4.78, 5) is 11.0. The van der Waals surface area contributed by atoms with Gasteiger partial charge < -0.3 is 5.11 Å². The predicted molar refractivity (Wildman–Crippen MR) is 84.5 cm³/mol. The Labute approximate surface area is 133 Å². The van der Waals surface area contributed by atoms with Crippen molar-refractivity contribution in [3.05, 3.63) is 28.7 Å². The van der Waals surface area contributed by atoms with Gasteiger partial charge in [0, 0.05) is 17.4 Å². The Morgan fingerprint density at radius 3 is 2.33 bits per heavy atom. The number of halogens is 1. The van der Waals surface area contributed by atoms with Gasteiger partial charge in [0.15, 0.2) is 0 Å². The number of hydrogen-bond acceptors (Lipinski definition) is 3. The Kier molecular flexibility index (Phi) is 6.83. The van der Waals surface area contributed by atoms with Gasteiger partial charge in [0.25, 0.3) is 0 Å². The van der Waals surface area contributed by atoms with Crippen molar-refractivity contribution in [1.29, 1.82) is 0 Å². The van der Waals surface area contributed by atoms with Gasteiger partial charge in [-0.3, -0.25) is 4.79 Å². The maximum atomic E-state index is 12.1. The van der Waals surface area contributed by atoms with Gasteiger partial charge in [0.05, 0.1) is 4.90 Å². The summed E-state index contributed by atoms with van der Waals surface area (Å²) in [6.45, 7) is 4.10. The van der Waals surface area contributed by atoms with Crippen molar-refractivity contribution in [2.45, 2.75) is 31.6 Å². The molecule has 0 aliphatic heterocycles. The second kappa shape index (κ2) is 7.91. The van der Waals surface area contributed by atoms with Gasteiger partial charge in [-0.05, 0) is 42.5 Å². The topological polar surface area (TPSA) is 83.5 Å². The van der Waals surface area contributed by atoms with Crippen LogP contribution in [0, 0.1) is 11.8 Å². The Balaban J connectivity index is 2.73.